The second-order valence-electron chi connectivity index (χ2n) is 12.9. The van der Waals surface area contributed by atoms with Gasteiger partial charge in [0.1, 0.15) is 23.0 Å². The Morgan fingerprint density at radius 3 is 1.15 bits per heavy atom. The molecule has 0 saturated heterocycles. The molecule has 7 nitrogen and oxygen atoms in total. The molecule has 0 unspecified atom stereocenters. The highest BCUT2D eigenvalue weighted by molar-refractivity contribution is 7.40. The fraction of sp³-hybridized carbons (Fsp3) is 0.684. The van der Waals surface area contributed by atoms with Crippen molar-refractivity contribution >= 4 is 17.2 Å². The van der Waals surface area contributed by atoms with Crippen LogP contribution in [0.15, 0.2) is 36.4 Å². The van der Waals surface area contributed by atoms with Crippen molar-refractivity contribution in [3.05, 3.63) is 47.5 Å². The number of unbranched alkanes of at least 4 members (excludes halogenated alkanes) is 20. The summed E-state index contributed by atoms with van der Waals surface area (Å²) in [6.45, 7) is 4.52. The van der Waals surface area contributed by atoms with Gasteiger partial charge in [0.05, 0.1) is 0 Å². The summed E-state index contributed by atoms with van der Waals surface area (Å²) in [7, 11) is -5.02. The lowest BCUT2D eigenvalue weighted by Gasteiger charge is -2.20. The van der Waals surface area contributed by atoms with Gasteiger partial charge in [0, 0.05) is 11.1 Å². The summed E-state index contributed by atoms with van der Waals surface area (Å²) >= 11 is 0. The van der Waals surface area contributed by atoms with E-state index in [1.807, 2.05) is 6.07 Å². The number of hydrogen-bond acceptors (Lipinski definition) is 7. The van der Waals surface area contributed by atoms with E-state index in [4.69, 9.17) is 23.6 Å². The molecule has 0 spiro atoms. The number of ether oxygens (including phenoxy) is 1. The van der Waals surface area contributed by atoms with E-state index >= 15 is 0 Å². The van der Waals surface area contributed by atoms with Crippen molar-refractivity contribution < 1.29 is 33.4 Å². The van der Waals surface area contributed by atoms with Crippen molar-refractivity contribution in [2.75, 3.05) is 0 Å². The van der Waals surface area contributed by atoms with E-state index in [0.29, 0.717) is 17.2 Å². The molecular formula is C38H64O7P2. The first-order valence-electron chi connectivity index (χ1n) is 18.6. The summed E-state index contributed by atoms with van der Waals surface area (Å²) < 4.78 is 16.9. The molecule has 2 aromatic carbocycles. The molecule has 0 heterocycles. The minimum Gasteiger partial charge on any atom is -0.457 e. The van der Waals surface area contributed by atoms with Gasteiger partial charge < -0.3 is 33.4 Å². The molecule has 0 aromatic heterocycles. The van der Waals surface area contributed by atoms with Crippen LogP contribution < -0.4 is 13.8 Å². The van der Waals surface area contributed by atoms with Gasteiger partial charge in [-0.05, 0) is 62.1 Å². The maximum atomic E-state index is 9.77. The predicted molar refractivity (Wildman–Crippen MR) is 197 cm³/mol. The molecule has 4 N–H and O–H groups in total. The summed E-state index contributed by atoms with van der Waals surface area (Å²) in [5.41, 5.74) is 2.07. The molecule has 0 aliphatic heterocycles. The SMILES string of the molecule is CCCCCCCCCCCCCc1c(Oc2ccc(OP(O)O)cc2)ccc(OP(O)O)c1CCCCCCCCCCCCC. The Morgan fingerprint density at radius 1 is 0.404 bits per heavy atom. The van der Waals surface area contributed by atoms with Gasteiger partial charge in [-0.25, -0.2) is 0 Å². The zero-order valence-electron chi connectivity index (χ0n) is 29.3. The normalized spacial score (nSPS) is 11.5. The largest absolute Gasteiger partial charge is 0.457 e. The van der Waals surface area contributed by atoms with Crippen LogP contribution in [0.5, 0.6) is 23.0 Å². The van der Waals surface area contributed by atoms with Crippen LogP contribution in [0.4, 0.5) is 0 Å². The lowest BCUT2D eigenvalue weighted by molar-refractivity contribution is 0.371. The van der Waals surface area contributed by atoms with Crippen LogP contribution in [0.3, 0.4) is 0 Å². The fourth-order valence-electron chi connectivity index (χ4n) is 6.19. The Morgan fingerprint density at radius 2 is 0.745 bits per heavy atom. The minimum atomic E-state index is -2.53. The smallest absolute Gasteiger partial charge is 0.391 e. The van der Waals surface area contributed by atoms with Gasteiger partial charge >= 0.3 is 17.2 Å². The van der Waals surface area contributed by atoms with Crippen molar-refractivity contribution in [3.8, 4) is 23.0 Å². The first kappa shape index (κ1) is 41.7. The van der Waals surface area contributed by atoms with Crippen LogP contribution in [0.25, 0.3) is 0 Å². The van der Waals surface area contributed by atoms with E-state index in [-0.39, 0.29) is 0 Å². The highest BCUT2D eigenvalue weighted by Gasteiger charge is 2.18. The fourth-order valence-corrected chi connectivity index (χ4v) is 6.85. The summed E-state index contributed by atoms with van der Waals surface area (Å²) in [4.78, 5) is 37.9. The molecule has 2 rings (SSSR count). The van der Waals surface area contributed by atoms with Gasteiger partial charge in [-0.3, -0.25) is 0 Å². The zero-order valence-corrected chi connectivity index (χ0v) is 31.1. The second kappa shape index (κ2) is 27.4. The molecule has 268 valence electrons. The summed E-state index contributed by atoms with van der Waals surface area (Å²) in [5, 5.41) is 0. The van der Waals surface area contributed by atoms with Crippen LogP contribution in [-0.2, 0) is 12.8 Å². The summed E-state index contributed by atoms with van der Waals surface area (Å²) in [6, 6.07) is 10.4. The molecule has 0 saturated carbocycles. The minimum absolute atomic E-state index is 0.356. The monoisotopic (exact) mass is 694 g/mol. The van der Waals surface area contributed by atoms with Crippen LogP contribution in [-0.4, -0.2) is 19.6 Å². The van der Waals surface area contributed by atoms with E-state index < -0.39 is 17.2 Å². The molecule has 47 heavy (non-hydrogen) atoms. The molecule has 0 amide bonds. The number of rotatable bonds is 30. The maximum absolute atomic E-state index is 9.77. The Balaban J connectivity index is 2.03. The molecule has 0 aliphatic rings. The molecule has 0 fully saturated rings. The Kier molecular flexibility index (Phi) is 24.3. The third-order valence-corrected chi connectivity index (χ3v) is 9.56. The molecular weight excluding hydrogens is 630 g/mol. The van der Waals surface area contributed by atoms with E-state index in [2.05, 4.69) is 13.8 Å². The standard InChI is InChI=1S/C38H64O7P2/c1-3-5-7-9-11-13-15-17-19-21-23-25-35-36(26-24-22-20-18-16-14-12-10-8-6-4-2)38(45-47(41)42)32-31-37(35)43-33-27-29-34(30-28-33)44-46(39)40/h27-32,39-42H,3-26H2,1-2H3. The summed E-state index contributed by atoms with van der Waals surface area (Å²) in [6.07, 6.45) is 29.6. The maximum Gasteiger partial charge on any atom is 0.391 e. The highest BCUT2D eigenvalue weighted by Crippen LogP contribution is 2.40. The third-order valence-electron chi connectivity index (χ3n) is 8.82. The Hall–Kier alpha value is -1.46. The van der Waals surface area contributed by atoms with Gasteiger partial charge in [-0.2, -0.15) is 0 Å². The third kappa shape index (κ3) is 20.0. The average Bonchev–Trinajstić information content (AvgIpc) is 3.04. The lowest BCUT2D eigenvalue weighted by atomic mass is 9.94. The van der Waals surface area contributed by atoms with Gasteiger partial charge in [0.25, 0.3) is 0 Å². The van der Waals surface area contributed by atoms with Crippen LogP contribution in [0.2, 0.25) is 0 Å². The first-order valence-corrected chi connectivity index (χ1v) is 20.9. The molecule has 0 bridgehead atoms. The van der Waals surface area contributed by atoms with Crippen molar-refractivity contribution in [1.29, 1.82) is 0 Å². The highest BCUT2D eigenvalue weighted by atomic mass is 31.2. The van der Waals surface area contributed by atoms with Gasteiger partial charge in [-0.1, -0.05) is 142 Å². The molecule has 0 atom stereocenters. The van der Waals surface area contributed by atoms with E-state index in [1.54, 1.807) is 30.3 Å². The molecule has 2 aromatic rings. The average molecular weight is 695 g/mol. The Bertz CT molecular complexity index is 1030. The van der Waals surface area contributed by atoms with Crippen LogP contribution in [0.1, 0.15) is 166 Å². The van der Waals surface area contributed by atoms with Gasteiger partial charge in [-0.15, -0.1) is 0 Å². The topological polar surface area (TPSA) is 109 Å². The molecule has 0 aliphatic carbocycles. The quantitative estimate of drug-likeness (QED) is 0.0476. The van der Waals surface area contributed by atoms with Crippen LogP contribution in [0, 0.1) is 0 Å². The number of hydrogen-bond donors (Lipinski definition) is 4. The van der Waals surface area contributed by atoms with Crippen molar-refractivity contribution in [3.63, 3.8) is 0 Å². The number of benzene rings is 2. The van der Waals surface area contributed by atoms with Crippen molar-refractivity contribution in [2.45, 2.75) is 168 Å². The lowest BCUT2D eigenvalue weighted by Crippen LogP contribution is -2.03. The summed E-state index contributed by atoms with van der Waals surface area (Å²) in [5.74, 6) is 2.23. The first-order chi connectivity index (χ1) is 22.9. The van der Waals surface area contributed by atoms with E-state index in [1.165, 1.54) is 116 Å². The molecule has 9 heteroatoms. The van der Waals surface area contributed by atoms with Crippen LogP contribution >= 0.6 is 17.2 Å². The van der Waals surface area contributed by atoms with Gasteiger partial charge in [0.15, 0.2) is 0 Å². The zero-order chi connectivity index (χ0) is 34.0. The second-order valence-corrected chi connectivity index (χ2v) is 14.2. The van der Waals surface area contributed by atoms with E-state index in [0.717, 1.165) is 55.4 Å². The molecule has 0 radical (unpaired) electrons. The van der Waals surface area contributed by atoms with Crippen molar-refractivity contribution in [2.24, 2.45) is 0 Å². The van der Waals surface area contributed by atoms with E-state index in [9.17, 15) is 9.79 Å². The van der Waals surface area contributed by atoms with Gasteiger partial charge in [0.2, 0.25) is 0 Å². The van der Waals surface area contributed by atoms with Crippen molar-refractivity contribution in [1.82, 2.24) is 0 Å². The Labute approximate surface area is 288 Å². The predicted octanol–water partition coefficient (Wildman–Crippen LogP) is 12.4.